The molecule has 1 atom stereocenters. The highest BCUT2D eigenvalue weighted by molar-refractivity contribution is 5.76. The van der Waals surface area contributed by atoms with Gasteiger partial charge in [0.15, 0.2) is 0 Å². The van der Waals surface area contributed by atoms with Gasteiger partial charge in [0.05, 0.1) is 18.6 Å². The SMILES string of the molecule is CN(C)C(=O)CC1(O)CCCN(Cc2ccc(Oc3ccccc3)o2)C1. The van der Waals surface area contributed by atoms with E-state index in [-0.39, 0.29) is 12.3 Å². The number of rotatable bonds is 6. The van der Waals surface area contributed by atoms with Gasteiger partial charge in [-0.3, -0.25) is 9.69 Å². The van der Waals surface area contributed by atoms with E-state index in [0.29, 0.717) is 25.5 Å². The standard InChI is InChI=1S/C20H26N2O4/c1-21(2)18(23)13-20(24)11-6-12-22(15-20)14-17-9-10-19(26-17)25-16-7-4-3-5-8-16/h3-5,7-10,24H,6,11-15H2,1-2H3. The number of furan rings is 1. The molecule has 1 saturated heterocycles. The Morgan fingerprint density at radius 3 is 2.77 bits per heavy atom. The number of hydrogen-bond acceptors (Lipinski definition) is 5. The van der Waals surface area contributed by atoms with Crippen LogP contribution in [0, 0.1) is 0 Å². The van der Waals surface area contributed by atoms with Crippen molar-refractivity contribution in [3.05, 3.63) is 48.2 Å². The lowest BCUT2D eigenvalue weighted by atomic mass is 9.89. The number of likely N-dealkylation sites (tertiary alicyclic amines) is 1. The summed E-state index contributed by atoms with van der Waals surface area (Å²) in [6, 6.07) is 13.2. The van der Waals surface area contributed by atoms with Gasteiger partial charge >= 0.3 is 0 Å². The molecule has 1 aromatic carbocycles. The van der Waals surface area contributed by atoms with Crippen molar-refractivity contribution < 1.29 is 19.1 Å². The Morgan fingerprint density at radius 1 is 1.27 bits per heavy atom. The summed E-state index contributed by atoms with van der Waals surface area (Å²) in [5.41, 5.74) is -0.977. The van der Waals surface area contributed by atoms with Crippen LogP contribution >= 0.6 is 0 Å². The van der Waals surface area contributed by atoms with Crippen molar-refractivity contribution in [2.24, 2.45) is 0 Å². The van der Waals surface area contributed by atoms with Crippen molar-refractivity contribution in [3.63, 3.8) is 0 Å². The molecular formula is C20H26N2O4. The summed E-state index contributed by atoms with van der Waals surface area (Å²) in [7, 11) is 3.42. The maximum Gasteiger partial charge on any atom is 0.290 e. The van der Waals surface area contributed by atoms with Gasteiger partial charge in [-0.05, 0) is 37.6 Å². The highest BCUT2D eigenvalue weighted by atomic mass is 16.6. The molecule has 1 unspecified atom stereocenters. The van der Waals surface area contributed by atoms with Crippen LogP contribution in [0.1, 0.15) is 25.0 Å². The highest BCUT2D eigenvalue weighted by Gasteiger charge is 2.36. The third-order valence-electron chi connectivity index (χ3n) is 4.59. The zero-order chi connectivity index (χ0) is 18.6. The normalized spacial score (nSPS) is 20.7. The Balaban J connectivity index is 1.58. The molecule has 6 nitrogen and oxygen atoms in total. The minimum Gasteiger partial charge on any atom is -0.429 e. The van der Waals surface area contributed by atoms with Gasteiger partial charge < -0.3 is 19.2 Å². The summed E-state index contributed by atoms with van der Waals surface area (Å²) < 4.78 is 11.4. The van der Waals surface area contributed by atoms with Crippen LogP contribution in [0.15, 0.2) is 46.9 Å². The number of β-amino-alcohol motifs (C(OH)–C–C–N with tert-alkyl or cyclic N) is 1. The van der Waals surface area contributed by atoms with Gasteiger partial charge in [0.1, 0.15) is 11.5 Å². The highest BCUT2D eigenvalue weighted by Crippen LogP contribution is 2.28. The number of ether oxygens (including phenoxy) is 1. The fraction of sp³-hybridized carbons (Fsp3) is 0.450. The number of amides is 1. The average molecular weight is 358 g/mol. The predicted molar refractivity (Wildman–Crippen MR) is 98.0 cm³/mol. The van der Waals surface area contributed by atoms with Gasteiger partial charge in [0.2, 0.25) is 5.91 Å². The molecule has 0 bridgehead atoms. The molecule has 2 aromatic rings. The second kappa shape index (κ2) is 7.93. The van der Waals surface area contributed by atoms with Crippen LogP contribution < -0.4 is 4.74 Å². The van der Waals surface area contributed by atoms with E-state index in [1.165, 1.54) is 4.90 Å². The maximum atomic E-state index is 12.0. The largest absolute Gasteiger partial charge is 0.429 e. The van der Waals surface area contributed by atoms with Gasteiger partial charge in [-0.1, -0.05) is 18.2 Å². The fourth-order valence-electron chi connectivity index (χ4n) is 3.25. The number of nitrogens with zero attached hydrogens (tertiary/aromatic N) is 2. The van der Waals surface area contributed by atoms with E-state index < -0.39 is 5.60 Å². The lowest BCUT2D eigenvalue weighted by Crippen LogP contribution is -2.50. The van der Waals surface area contributed by atoms with Crippen LogP contribution in [-0.4, -0.2) is 53.6 Å². The zero-order valence-electron chi connectivity index (χ0n) is 15.4. The van der Waals surface area contributed by atoms with Crippen molar-refractivity contribution in [3.8, 4) is 11.7 Å². The number of piperidine rings is 1. The molecule has 1 N–H and O–H groups in total. The molecule has 1 fully saturated rings. The first-order valence-electron chi connectivity index (χ1n) is 8.90. The van der Waals surface area contributed by atoms with E-state index in [1.54, 1.807) is 20.2 Å². The van der Waals surface area contributed by atoms with Crippen LogP contribution in [0.2, 0.25) is 0 Å². The average Bonchev–Trinajstić information content (AvgIpc) is 3.02. The molecular weight excluding hydrogens is 332 g/mol. The Hall–Kier alpha value is -2.31. The number of benzene rings is 1. The number of hydrogen-bond donors (Lipinski definition) is 1. The van der Waals surface area contributed by atoms with E-state index in [2.05, 4.69) is 4.90 Å². The van der Waals surface area contributed by atoms with E-state index in [4.69, 9.17) is 9.15 Å². The Bertz CT molecular complexity index is 728. The molecule has 26 heavy (non-hydrogen) atoms. The third kappa shape index (κ3) is 4.86. The van der Waals surface area contributed by atoms with Crippen LogP contribution in [0.3, 0.4) is 0 Å². The predicted octanol–water partition coefficient (Wildman–Crippen LogP) is 2.88. The van der Waals surface area contributed by atoms with Crippen molar-refractivity contribution in [2.75, 3.05) is 27.2 Å². The molecule has 1 aromatic heterocycles. The third-order valence-corrected chi connectivity index (χ3v) is 4.59. The molecule has 0 saturated carbocycles. The molecule has 1 aliphatic rings. The monoisotopic (exact) mass is 358 g/mol. The van der Waals surface area contributed by atoms with Gasteiger partial charge in [-0.2, -0.15) is 0 Å². The lowest BCUT2D eigenvalue weighted by molar-refractivity contribution is -0.136. The summed E-state index contributed by atoms with van der Waals surface area (Å²) in [6.07, 6.45) is 1.64. The number of para-hydroxylation sites is 1. The fourth-order valence-corrected chi connectivity index (χ4v) is 3.25. The Morgan fingerprint density at radius 2 is 2.04 bits per heavy atom. The molecule has 0 aliphatic carbocycles. The van der Waals surface area contributed by atoms with Gasteiger partial charge in [-0.25, -0.2) is 0 Å². The van der Waals surface area contributed by atoms with Crippen molar-refractivity contribution >= 4 is 5.91 Å². The van der Waals surface area contributed by atoms with Crippen molar-refractivity contribution in [1.29, 1.82) is 0 Å². The van der Waals surface area contributed by atoms with Crippen molar-refractivity contribution in [1.82, 2.24) is 9.80 Å². The van der Waals surface area contributed by atoms with Crippen LogP contribution in [-0.2, 0) is 11.3 Å². The topological polar surface area (TPSA) is 66.2 Å². The molecule has 2 heterocycles. The Kier molecular flexibility index (Phi) is 5.64. The molecule has 140 valence electrons. The van der Waals surface area contributed by atoms with Crippen LogP contribution in [0.25, 0.3) is 0 Å². The summed E-state index contributed by atoms with van der Waals surface area (Å²) in [5, 5.41) is 10.8. The summed E-state index contributed by atoms with van der Waals surface area (Å²) >= 11 is 0. The van der Waals surface area contributed by atoms with Gasteiger partial charge in [0, 0.05) is 26.7 Å². The minimum atomic E-state index is -0.977. The molecule has 1 aliphatic heterocycles. The lowest BCUT2D eigenvalue weighted by Gasteiger charge is -2.39. The second-order valence-electron chi connectivity index (χ2n) is 7.14. The first-order valence-corrected chi connectivity index (χ1v) is 8.90. The number of aliphatic hydroxyl groups is 1. The minimum absolute atomic E-state index is 0.0501. The second-order valence-corrected chi connectivity index (χ2v) is 7.14. The molecule has 0 radical (unpaired) electrons. The smallest absolute Gasteiger partial charge is 0.290 e. The first-order chi connectivity index (χ1) is 12.4. The van der Waals surface area contributed by atoms with Crippen molar-refractivity contribution in [2.45, 2.75) is 31.4 Å². The Labute approximate surface area is 154 Å². The number of carbonyl (C=O) groups excluding carboxylic acids is 1. The quantitative estimate of drug-likeness (QED) is 0.860. The van der Waals surface area contributed by atoms with E-state index in [9.17, 15) is 9.90 Å². The number of carbonyl (C=O) groups is 1. The van der Waals surface area contributed by atoms with Gasteiger partial charge in [-0.15, -0.1) is 0 Å². The van der Waals surface area contributed by atoms with E-state index >= 15 is 0 Å². The maximum absolute atomic E-state index is 12.0. The summed E-state index contributed by atoms with van der Waals surface area (Å²) in [4.78, 5) is 15.6. The molecule has 0 spiro atoms. The molecule has 6 heteroatoms. The summed E-state index contributed by atoms with van der Waals surface area (Å²) in [6.45, 7) is 1.91. The zero-order valence-corrected chi connectivity index (χ0v) is 15.4. The van der Waals surface area contributed by atoms with Crippen LogP contribution in [0.4, 0.5) is 0 Å². The molecule has 1 amide bonds. The first kappa shape index (κ1) is 18.5. The van der Waals surface area contributed by atoms with Gasteiger partial charge in [0.25, 0.3) is 5.95 Å². The van der Waals surface area contributed by atoms with Crippen LogP contribution in [0.5, 0.6) is 11.7 Å². The summed E-state index contributed by atoms with van der Waals surface area (Å²) in [5.74, 6) is 1.90. The van der Waals surface area contributed by atoms with E-state index in [0.717, 1.165) is 24.5 Å². The van der Waals surface area contributed by atoms with E-state index in [1.807, 2.05) is 36.4 Å². The molecule has 3 rings (SSSR count).